The summed E-state index contributed by atoms with van der Waals surface area (Å²) in [4.78, 5) is 62.3. The summed E-state index contributed by atoms with van der Waals surface area (Å²) in [5.74, 6) is -4.68. The molecule has 1 aliphatic rings. The zero-order valence-corrected chi connectivity index (χ0v) is 25.2. The fourth-order valence-electron chi connectivity index (χ4n) is 4.23. The average Bonchev–Trinajstić information content (AvgIpc) is 2.94. The molecular formula is C26H33F2N4O11P. The lowest BCUT2D eigenvalue weighted by Gasteiger charge is -2.45. The molecule has 1 aromatic carbocycles. The third-order valence-corrected chi connectivity index (χ3v) is 7.68. The highest BCUT2D eigenvalue weighted by Gasteiger charge is 2.39. The van der Waals surface area contributed by atoms with Gasteiger partial charge in [0.1, 0.15) is 23.4 Å². The number of benzene rings is 1. The number of pyridine rings is 1. The molecule has 3 N–H and O–H groups in total. The topological polar surface area (TPSA) is 186 Å². The van der Waals surface area contributed by atoms with Gasteiger partial charge in [0, 0.05) is 58.1 Å². The molecule has 0 radical (unpaired) electrons. The first-order chi connectivity index (χ1) is 20.7. The largest absolute Gasteiger partial charge is 0.510 e. The Morgan fingerprint density at radius 1 is 1.20 bits per heavy atom. The second-order valence-electron chi connectivity index (χ2n) is 9.84. The van der Waals surface area contributed by atoms with Gasteiger partial charge in [-0.05, 0) is 19.9 Å². The van der Waals surface area contributed by atoms with Crippen LogP contribution in [0.5, 0.6) is 5.75 Å². The molecule has 0 saturated carbocycles. The maximum atomic E-state index is 14.1. The molecule has 2 unspecified atom stereocenters. The number of nitrogens with one attached hydrogen (secondary N) is 1. The predicted molar refractivity (Wildman–Crippen MR) is 149 cm³/mol. The van der Waals surface area contributed by atoms with Crippen LogP contribution in [0.15, 0.2) is 29.2 Å². The van der Waals surface area contributed by atoms with Gasteiger partial charge < -0.3 is 34.4 Å². The second kappa shape index (κ2) is 14.6. The maximum absolute atomic E-state index is 14.1. The van der Waals surface area contributed by atoms with Crippen molar-refractivity contribution in [2.24, 2.45) is 0 Å². The normalized spacial score (nSPS) is 16.0. The number of hydrogen-bond acceptors (Lipinski definition) is 11. The Kier molecular flexibility index (Phi) is 11.4. The fourth-order valence-corrected chi connectivity index (χ4v) is 5.04. The number of aromatic hydroxyl groups is 1. The molecule has 0 bridgehead atoms. The Labute approximate surface area is 250 Å². The van der Waals surface area contributed by atoms with Gasteiger partial charge in [-0.2, -0.15) is 0 Å². The zero-order chi connectivity index (χ0) is 32.8. The predicted octanol–water partition coefficient (Wildman–Crippen LogP) is 1.87. The van der Waals surface area contributed by atoms with Crippen molar-refractivity contribution in [2.75, 3.05) is 45.3 Å². The molecule has 0 fully saturated rings. The number of ether oxygens (including phenoxy) is 3. The van der Waals surface area contributed by atoms with E-state index in [1.165, 1.54) is 24.1 Å². The smallest absolute Gasteiger partial charge is 0.502 e. The van der Waals surface area contributed by atoms with Crippen LogP contribution < -0.4 is 15.8 Å². The van der Waals surface area contributed by atoms with Crippen molar-refractivity contribution >= 4 is 25.6 Å². The SMILES string of the molecule is COCCC1N(C)C(=O)c2c(O)c(=O)c(C(=O)NCc3ccc(F)cc3F)cn2N1CCP(=O)(O)OCOC(=O)OC(C)C. The minimum Gasteiger partial charge on any atom is -0.502 e. The van der Waals surface area contributed by atoms with E-state index in [-0.39, 0.29) is 25.1 Å². The number of rotatable bonds is 13. The third-order valence-electron chi connectivity index (χ3n) is 6.41. The summed E-state index contributed by atoms with van der Waals surface area (Å²) in [5.41, 5.74) is -2.45. The monoisotopic (exact) mass is 646 g/mol. The van der Waals surface area contributed by atoms with Gasteiger partial charge in [0.05, 0.1) is 12.3 Å². The molecule has 18 heteroatoms. The van der Waals surface area contributed by atoms with Crippen LogP contribution >= 0.6 is 7.60 Å². The quantitative estimate of drug-likeness (QED) is 0.163. The molecule has 3 rings (SSSR count). The van der Waals surface area contributed by atoms with Crippen LogP contribution in [0.25, 0.3) is 0 Å². The van der Waals surface area contributed by atoms with Crippen LogP contribution in [-0.2, 0) is 29.8 Å². The summed E-state index contributed by atoms with van der Waals surface area (Å²) < 4.78 is 60.4. The van der Waals surface area contributed by atoms with E-state index >= 15 is 0 Å². The molecule has 44 heavy (non-hydrogen) atoms. The van der Waals surface area contributed by atoms with E-state index in [2.05, 4.69) is 10.1 Å². The van der Waals surface area contributed by atoms with Crippen LogP contribution in [-0.4, -0.2) is 90.1 Å². The van der Waals surface area contributed by atoms with E-state index < -0.39 is 91.4 Å². The Morgan fingerprint density at radius 2 is 1.91 bits per heavy atom. The summed E-state index contributed by atoms with van der Waals surface area (Å²) in [7, 11) is -1.65. The van der Waals surface area contributed by atoms with Crippen LogP contribution in [0.1, 0.15) is 46.7 Å². The number of methoxy groups -OCH3 is 1. The molecule has 0 spiro atoms. The number of carbonyl (C=O) groups excluding carboxylic acids is 3. The van der Waals surface area contributed by atoms with E-state index in [4.69, 9.17) is 14.0 Å². The van der Waals surface area contributed by atoms with Crippen molar-refractivity contribution in [2.45, 2.75) is 39.1 Å². The zero-order valence-electron chi connectivity index (χ0n) is 24.3. The molecule has 15 nitrogen and oxygen atoms in total. The summed E-state index contributed by atoms with van der Waals surface area (Å²) >= 11 is 0. The van der Waals surface area contributed by atoms with E-state index in [1.54, 1.807) is 13.8 Å². The van der Waals surface area contributed by atoms with Gasteiger partial charge >= 0.3 is 13.8 Å². The molecule has 0 saturated heterocycles. The van der Waals surface area contributed by atoms with Gasteiger partial charge in [0.25, 0.3) is 11.8 Å². The lowest BCUT2D eigenvalue weighted by atomic mass is 10.1. The lowest BCUT2D eigenvalue weighted by molar-refractivity contribution is -0.0108. The number of aromatic nitrogens is 1. The standard InChI is InChI=1S/C26H33F2N4O11P/c1-15(2)43-26(37)41-14-42-44(38,39)10-8-31-20(7-9-40-4)30(3)25(36)21-23(34)22(33)18(13-32(21)31)24(35)29-12-16-5-6-17(27)11-19(16)28/h5-6,11,13,15,20,34H,7-10,12,14H2,1-4H3,(H,29,35)(H,38,39). The number of fused-ring (bicyclic) bond motifs is 1. The highest BCUT2D eigenvalue weighted by Crippen LogP contribution is 2.42. The molecule has 1 aromatic heterocycles. The summed E-state index contributed by atoms with van der Waals surface area (Å²) in [6.07, 6.45) is -1.95. The number of amides is 2. The average molecular weight is 647 g/mol. The number of carbonyl (C=O) groups is 3. The third kappa shape index (κ3) is 8.31. The van der Waals surface area contributed by atoms with Crippen molar-refractivity contribution in [1.29, 1.82) is 0 Å². The highest BCUT2D eigenvalue weighted by molar-refractivity contribution is 7.52. The van der Waals surface area contributed by atoms with E-state index in [0.717, 1.165) is 23.0 Å². The molecule has 2 amide bonds. The first-order valence-corrected chi connectivity index (χ1v) is 15.0. The van der Waals surface area contributed by atoms with Crippen molar-refractivity contribution in [3.8, 4) is 5.75 Å². The van der Waals surface area contributed by atoms with Crippen molar-refractivity contribution < 1.29 is 56.5 Å². The fraction of sp³-hybridized carbons (Fsp3) is 0.462. The van der Waals surface area contributed by atoms with Gasteiger partial charge in [-0.1, -0.05) is 6.07 Å². The molecule has 2 heterocycles. The lowest BCUT2D eigenvalue weighted by Crippen LogP contribution is -2.61. The van der Waals surface area contributed by atoms with E-state index in [9.17, 15) is 42.5 Å². The number of nitrogens with zero attached hydrogens (tertiary/aromatic N) is 3. The Balaban J connectivity index is 1.91. The summed E-state index contributed by atoms with van der Waals surface area (Å²) in [6.45, 7) is 1.59. The van der Waals surface area contributed by atoms with Gasteiger partial charge in [-0.25, -0.2) is 13.6 Å². The van der Waals surface area contributed by atoms with Crippen LogP contribution in [0.3, 0.4) is 0 Å². The van der Waals surface area contributed by atoms with Gasteiger partial charge in [0.2, 0.25) is 12.2 Å². The highest BCUT2D eigenvalue weighted by atomic mass is 31.2. The molecule has 242 valence electrons. The van der Waals surface area contributed by atoms with Crippen molar-refractivity contribution in [3.63, 3.8) is 0 Å². The second-order valence-corrected chi connectivity index (χ2v) is 11.8. The molecular weight excluding hydrogens is 613 g/mol. The summed E-state index contributed by atoms with van der Waals surface area (Å²) in [5, 5.41) is 14.4. The number of hydrogen-bond donors (Lipinski definition) is 3. The first-order valence-electron chi connectivity index (χ1n) is 13.2. The van der Waals surface area contributed by atoms with E-state index in [1.807, 2.05) is 0 Å². The Morgan fingerprint density at radius 3 is 2.55 bits per heavy atom. The van der Waals surface area contributed by atoms with Gasteiger partial charge in [-0.3, -0.25) is 33.2 Å². The first kappa shape index (κ1) is 34.4. The van der Waals surface area contributed by atoms with Gasteiger partial charge in [-0.15, -0.1) is 0 Å². The number of halogens is 2. The van der Waals surface area contributed by atoms with Crippen LogP contribution in [0, 0.1) is 11.6 Å². The van der Waals surface area contributed by atoms with Gasteiger partial charge in [0.15, 0.2) is 11.4 Å². The summed E-state index contributed by atoms with van der Waals surface area (Å²) in [6, 6.07) is 2.71. The Hall–Kier alpha value is -4.05. The Bertz CT molecular complexity index is 1500. The molecule has 2 aromatic rings. The molecule has 2 atom stereocenters. The van der Waals surface area contributed by atoms with Crippen LogP contribution in [0.2, 0.25) is 0 Å². The minimum atomic E-state index is -4.44. The maximum Gasteiger partial charge on any atom is 0.510 e. The minimum absolute atomic E-state index is 0.0831. The van der Waals surface area contributed by atoms with Crippen LogP contribution in [0.4, 0.5) is 13.6 Å². The molecule has 1 aliphatic heterocycles. The van der Waals surface area contributed by atoms with Crippen molar-refractivity contribution in [1.82, 2.24) is 14.9 Å². The van der Waals surface area contributed by atoms with E-state index in [0.29, 0.717) is 6.07 Å². The molecule has 0 aliphatic carbocycles. The van der Waals surface area contributed by atoms with Crippen molar-refractivity contribution in [3.05, 3.63) is 63.1 Å².